The Morgan fingerprint density at radius 3 is 2.76 bits per heavy atom. The molecule has 0 saturated heterocycles. The lowest BCUT2D eigenvalue weighted by Gasteiger charge is -2.02. The van der Waals surface area contributed by atoms with Crippen molar-refractivity contribution in [2.45, 2.75) is 0 Å². The number of hydrogen-bond donors (Lipinski definition) is 1. The summed E-state index contributed by atoms with van der Waals surface area (Å²) in [5, 5.41) is 12.1. The highest BCUT2D eigenvalue weighted by molar-refractivity contribution is 9.10. The third kappa shape index (κ3) is 2.32. The van der Waals surface area contributed by atoms with Crippen LogP contribution in [0.25, 0.3) is 11.3 Å². The van der Waals surface area contributed by atoms with Crippen LogP contribution in [0, 0.1) is 5.82 Å². The summed E-state index contributed by atoms with van der Waals surface area (Å²) < 4.78 is 18.4. The Morgan fingerprint density at radius 1 is 1.47 bits per heavy atom. The number of aromatic carboxylic acids is 1. The number of nitrogens with zero attached hydrogens (tertiary/aromatic N) is 1. The smallest absolute Gasteiger partial charge is 0.374 e. The molecular weight excluding hydrogens is 316 g/mol. The highest BCUT2D eigenvalue weighted by Gasteiger charge is 2.17. The van der Waals surface area contributed by atoms with Gasteiger partial charge in [0, 0.05) is 16.1 Å². The minimum atomic E-state index is -1.25. The van der Waals surface area contributed by atoms with E-state index in [4.69, 9.17) is 16.7 Å². The summed E-state index contributed by atoms with van der Waals surface area (Å²) in [6, 6.07) is 3.90. The molecule has 88 valence electrons. The topological polar surface area (TPSA) is 63.3 Å². The van der Waals surface area contributed by atoms with E-state index >= 15 is 0 Å². The molecule has 0 amide bonds. The summed E-state index contributed by atoms with van der Waals surface area (Å²) in [7, 11) is 0. The minimum absolute atomic E-state index is 0.140. The van der Waals surface area contributed by atoms with Gasteiger partial charge in [0.1, 0.15) is 11.5 Å². The van der Waals surface area contributed by atoms with Crippen molar-refractivity contribution in [3.8, 4) is 11.3 Å². The van der Waals surface area contributed by atoms with Crippen molar-refractivity contribution in [1.82, 2.24) is 5.16 Å². The van der Waals surface area contributed by atoms with E-state index in [0.717, 1.165) is 0 Å². The van der Waals surface area contributed by atoms with Gasteiger partial charge in [-0.3, -0.25) is 0 Å². The van der Waals surface area contributed by atoms with Gasteiger partial charge in [-0.05, 0) is 12.1 Å². The average molecular weight is 321 g/mol. The molecule has 0 aliphatic rings. The van der Waals surface area contributed by atoms with Crippen molar-refractivity contribution < 1.29 is 18.8 Å². The van der Waals surface area contributed by atoms with Gasteiger partial charge in [0.15, 0.2) is 0 Å². The standard InChI is InChI=1S/C10H4BrClFNO3/c11-4-1-5(9(12)6(13)2-4)7-3-8(10(15)16)17-14-7/h1-3H,(H,15,16). The largest absolute Gasteiger partial charge is 0.475 e. The first-order valence-electron chi connectivity index (χ1n) is 4.34. The number of carboxylic acid groups (broad SMARTS) is 1. The Hall–Kier alpha value is -1.40. The molecule has 1 aromatic carbocycles. The number of halogens is 3. The first kappa shape index (κ1) is 12.1. The summed E-state index contributed by atoms with van der Waals surface area (Å²) in [5.41, 5.74) is 0.419. The van der Waals surface area contributed by atoms with Gasteiger partial charge in [-0.25, -0.2) is 9.18 Å². The molecule has 0 atom stereocenters. The second kappa shape index (κ2) is 4.46. The van der Waals surface area contributed by atoms with E-state index in [2.05, 4.69) is 25.6 Å². The molecule has 0 aliphatic carbocycles. The fourth-order valence-corrected chi connectivity index (χ4v) is 1.88. The summed E-state index contributed by atoms with van der Waals surface area (Å²) in [4.78, 5) is 10.6. The van der Waals surface area contributed by atoms with Crippen molar-refractivity contribution in [3.05, 3.63) is 39.3 Å². The van der Waals surface area contributed by atoms with Crippen LogP contribution in [-0.4, -0.2) is 16.2 Å². The van der Waals surface area contributed by atoms with Gasteiger partial charge in [-0.2, -0.15) is 0 Å². The van der Waals surface area contributed by atoms with Crippen LogP contribution < -0.4 is 0 Å². The van der Waals surface area contributed by atoms with Crippen molar-refractivity contribution in [2.24, 2.45) is 0 Å². The van der Waals surface area contributed by atoms with Crippen LogP contribution in [0.5, 0.6) is 0 Å². The van der Waals surface area contributed by atoms with Crippen LogP contribution in [0.1, 0.15) is 10.6 Å². The first-order valence-corrected chi connectivity index (χ1v) is 5.51. The molecule has 2 rings (SSSR count). The Balaban J connectivity index is 2.56. The zero-order valence-electron chi connectivity index (χ0n) is 8.08. The number of carbonyl (C=O) groups is 1. The van der Waals surface area contributed by atoms with Crippen LogP contribution in [0.3, 0.4) is 0 Å². The molecule has 0 aliphatic heterocycles. The number of aromatic nitrogens is 1. The highest BCUT2D eigenvalue weighted by Crippen LogP contribution is 2.32. The van der Waals surface area contributed by atoms with Crippen molar-refractivity contribution in [2.75, 3.05) is 0 Å². The normalized spacial score (nSPS) is 10.5. The lowest BCUT2D eigenvalue weighted by molar-refractivity contribution is 0.0652. The number of rotatable bonds is 2. The molecule has 0 bridgehead atoms. The number of benzene rings is 1. The van der Waals surface area contributed by atoms with E-state index in [0.29, 0.717) is 4.47 Å². The number of carboxylic acids is 1. The Labute approximate surface area is 108 Å². The van der Waals surface area contributed by atoms with E-state index in [-0.39, 0.29) is 22.0 Å². The van der Waals surface area contributed by atoms with Crippen molar-refractivity contribution in [3.63, 3.8) is 0 Å². The van der Waals surface area contributed by atoms with Crippen LogP contribution in [0.4, 0.5) is 4.39 Å². The molecular formula is C10H4BrClFNO3. The van der Waals surface area contributed by atoms with Gasteiger partial charge in [-0.15, -0.1) is 0 Å². The van der Waals surface area contributed by atoms with Gasteiger partial charge >= 0.3 is 5.97 Å². The van der Waals surface area contributed by atoms with Gasteiger partial charge < -0.3 is 9.63 Å². The quantitative estimate of drug-likeness (QED) is 0.859. The Bertz CT molecular complexity index is 599. The lowest BCUT2D eigenvalue weighted by Crippen LogP contribution is -1.91. The van der Waals surface area contributed by atoms with Crippen molar-refractivity contribution in [1.29, 1.82) is 0 Å². The molecule has 4 nitrogen and oxygen atoms in total. The zero-order valence-corrected chi connectivity index (χ0v) is 10.4. The molecule has 0 spiro atoms. The average Bonchev–Trinajstić information content (AvgIpc) is 2.72. The third-order valence-electron chi connectivity index (χ3n) is 1.99. The summed E-state index contributed by atoms with van der Waals surface area (Å²) in [5.74, 6) is -2.22. The first-order chi connectivity index (χ1) is 7.99. The van der Waals surface area contributed by atoms with E-state index in [1.54, 1.807) is 0 Å². The Kier molecular flexibility index (Phi) is 3.17. The van der Waals surface area contributed by atoms with E-state index < -0.39 is 11.8 Å². The maximum absolute atomic E-state index is 13.4. The Morgan fingerprint density at radius 2 is 2.18 bits per heavy atom. The van der Waals surface area contributed by atoms with Gasteiger partial charge in [0.25, 0.3) is 0 Å². The predicted molar refractivity (Wildman–Crippen MR) is 61.6 cm³/mol. The third-order valence-corrected chi connectivity index (χ3v) is 2.83. The molecule has 1 heterocycles. The molecule has 0 radical (unpaired) electrons. The lowest BCUT2D eigenvalue weighted by atomic mass is 10.1. The fraction of sp³-hybridized carbons (Fsp3) is 0. The number of hydrogen-bond acceptors (Lipinski definition) is 3. The predicted octanol–water partition coefficient (Wildman–Crippen LogP) is 3.59. The van der Waals surface area contributed by atoms with Crippen LogP contribution in [0.2, 0.25) is 5.02 Å². The highest BCUT2D eigenvalue weighted by atomic mass is 79.9. The molecule has 1 N–H and O–H groups in total. The van der Waals surface area contributed by atoms with Gasteiger partial charge in [0.05, 0.1) is 5.02 Å². The summed E-state index contributed by atoms with van der Waals surface area (Å²) in [6.07, 6.45) is 0. The second-order valence-electron chi connectivity index (χ2n) is 3.13. The monoisotopic (exact) mass is 319 g/mol. The molecule has 0 fully saturated rings. The fourth-order valence-electron chi connectivity index (χ4n) is 1.25. The molecule has 2 aromatic rings. The molecule has 17 heavy (non-hydrogen) atoms. The molecule has 0 unspecified atom stereocenters. The maximum Gasteiger partial charge on any atom is 0.374 e. The maximum atomic E-state index is 13.4. The zero-order chi connectivity index (χ0) is 12.6. The van der Waals surface area contributed by atoms with Crippen LogP contribution in [0.15, 0.2) is 27.2 Å². The van der Waals surface area contributed by atoms with E-state index in [1.807, 2.05) is 0 Å². The second-order valence-corrected chi connectivity index (χ2v) is 4.42. The van der Waals surface area contributed by atoms with Gasteiger partial charge in [0.2, 0.25) is 5.76 Å². The molecule has 1 aromatic heterocycles. The van der Waals surface area contributed by atoms with Crippen LogP contribution in [-0.2, 0) is 0 Å². The SMILES string of the molecule is O=C(O)c1cc(-c2cc(Br)cc(F)c2Cl)no1. The summed E-state index contributed by atoms with van der Waals surface area (Å²) in [6.45, 7) is 0. The molecule has 0 saturated carbocycles. The minimum Gasteiger partial charge on any atom is -0.475 e. The van der Waals surface area contributed by atoms with Crippen LogP contribution >= 0.6 is 27.5 Å². The molecule has 7 heteroatoms. The van der Waals surface area contributed by atoms with Gasteiger partial charge in [-0.1, -0.05) is 32.7 Å². The summed E-state index contributed by atoms with van der Waals surface area (Å²) >= 11 is 8.87. The van der Waals surface area contributed by atoms with Crippen molar-refractivity contribution >= 4 is 33.5 Å². The van der Waals surface area contributed by atoms with E-state index in [1.165, 1.54) is 18.2 Å². The van der Waals surface area contributed by atoms with E-state index in [9.17, 15) is 9.18 Å².